The van der Waals surface area contributed by atoms with Crippen molar-refractivity contribution >= 4 is 5.78 Å². The maximum absolute atomic E-state index is 12.2. The molecular weight excluding hydrogens is 200 g/mol. The summed E-state index contributed by atoms with van der Waals surface area (Å²) in [6, 6.07) is 0. The number of ether oxygens (including phenoxy) is 1. The second-order valence-corrected chi connectivity index (χ2v) is 6.07. The second-order valence-electron chi connectivity index (χ2n) is 6.07. The fourth-order valence-corrected chi connectivity index (χ4v) is 3.60. The minimum Gasteiger partial charge on any atom is -0.380 e. The molecule has 2 unspecified atom stereocenters. The van der Waals surface area contributed by atoms with Crippen LogP contribution in [0.4, 0.5) is 0 Å². The summed E-state index contributed by atoms with van der Waals surface area (Å²) in [4.78, 5) is 12.2. The summed E-state index contributed by atoms with van der Waals surface area (Å²) < 4.78 is 5.76. The SMILES string of the molecule is CCCCOCC12CCC(CC1=O)C2(C)C. The van der Waals surface area contributed by atoms with Crippen molar-refractivity contribution in [3.63, 3.8) is 0 Å². The van der Waals surface area contributed by atoms with E-state index in [1.807, 2.05) is 0 Å². The highest BCUT2D eigenvalue weighted by Gasteiger charge is 2.64. The van der Waals surface area contributed by atoms with Gasteiger partial charge in [-0.05, 0) is 30.6 Å². The molecule has 2 heteroatoms. The Labute approximate surface area is 98.7 Å². The van der Waals surface area contributed by atoms with Gasteiger partial charge in [0.15, 0.2) is 0 Å². The molecule has 0 heterocycles. The first-order valence-electron chi connectivity index (χ1n) is 6.65. The highest BCUT2D eigenvalue weighted by molar-refractivity contribution is 5.89. The van der Waals surface area contributed by atoms with Crippen molar-refractivity contribution < 1.29 is 9.53 Å². The van der Waals surface area contributed by atoms with Gasteiger partial charge in [0.05, 0.1) is 12.0 Å². The number of Topliss-reactive ketones (excluding diaryl/α,β-unsaturated/α-hetero) is 1. The predicted molar refractivity (Wildman–Crippen MR) is 64.3 cm³/mol. The molecule has 2 nitrogen and oxygen atoms in total. The molecule has 2 aliphatic rings. The van der Waals surface area contributed by atoms with Gasteiger partial charge in [-0.3, -0.25) is 4.79 Å². The van der Waals surface area contributed by atoms with Gasteiger partial charge < -0.3 is 4.74 Å². The summed E-state index contributed by atoms with van der Waals surface area (Å²) in [6.45, 7) is 8.16. The van der Waals surface area contributed by atoms with Crippen LogP contribution < -0.4 is 0 Å². The topological polar surface area (TPSA) is 26.3 Å². The van der Waals surface area contributed by atoms with Crippen LogP contribution in [0.15, 0.2) is 0 Å². The molecule has 2 fully saturated rings. The zero-order chi connectivity index (χ0) is 11.8. The van der Waals surface area contributed by atoms with Crippen molar-refractivity contribution in [2.24, 2.45) is 16.7 Å². The van der Waals surface area contributed by atoms with Gasteiger partial charge in [0, 0.05) is 13.0 Å². The Kier molecular flexibility index (Phi) is 3.13. The Morgan fingerprint density at radius 2 is 2.19 bits per heavy atom. The second kappa shape index (κ2) is 4.14. The summed E-state index contributed by atoms with van der Waals surface area (Å²) >= 11 is 0. The molecular formula is C14H24O2. The Bertz CT molecular complexity index is 282. The van der Waals surface area contributed by atoms with Crippen molar-refractivity contribution in [1.82, 2.24) is 0 Å². The van der Waals surface area contributed by atoms with Crippen LogP contribution in [0.5, 0.6) is 0 Å². The van der Waals surface area contributed by atoms with Crippen LogP contribution in [0.2, 0.25) is 0 Å². The van der Waals surface area contributed by atoms with E-state index in [-0.39, 0.29) is 10.8 Å². The first-order chi connectivity index (χ1) is 7.54. The average Bonchev–Trinajstić information content (AvgIpc) is 2.58. The van der Waals surface area contributed by atoms with Gasteiger partial charge in [0.2, 0.25) is 0 Å². The first kappa shape index (κ1) is 12.1. The lowest BCUT2D eigenvalue weighted by atomic mass is 9.69. The smallest absolute Gasteiger partial charge is 0.142 e. The van der Waals surface area contributed by atoms with Crippen molar-refractivity contribution in [2.45, 2.75) is 52.9 Å². The van der Waals surface area contributed by atoms with Gasteiger partial charge >= 0.3 is 0 Å². The largest absolute Gasteiger partial charge is 0.380 e. The molecule has 2 aliphatic carbocycles. The molecule has 0 saturated heterocycles. The van der Waals surface area contributed by atoms with Crippen molar-refractivity contribution in [3.05, 3.63) is 0 Å². The zero-order valence-electron chi connectivity index (χ0n) is 10.8. The third-order valence-corrected chi connectivity index (χ3v) is 5.13. The van der Waals surface area contributed by atoms with Crippen LogP contribution in [0.25, 0.3) is 0 Å². The number of ketones is 1. The van der Waals surface area contributed by atoms with E-state index in [0.29, 0.717) is 18.3 Å². The van der Waals surface area contributed by atoms with E-state index >= 15 is 0 Å². The standard InChI is InChI=1S/C14H24O2/c1-4-5-8-16-10-14-7-6-11(9-12(14)15)13(14,2)3/h11H,4-10H2,1-3H3. The maximum atomic E-state index is 12.2. The molecule has 92 valence electrons. The number of hydrogen-bond donors (Lipinski definition) is 0. The van der Waals surface area contributed by atoms with E-state index in [1.165, 1.54) is 6.42 Å². The van der Waals surface area contributed by atoms with Gasteiger partial charge in [-0.2, -0.15) is 0 Å². The van der Waals surface area contributed by atoms with E-state index in [1.54, 1.807) is 0 Å². The molecule has 0 aromatic rings. The summed E-state index contributed by atoms with van der Waals surface area (Å²) in [5.41, 5.74) is 0.0156. The molecule has 0 amide bonds. The Balaban J connectivity index is 2.01. The Morgan fingerprint density at radius 3 is 2.69 bits per heavy atom. The van der Waals surface area contributed by atoms with Gasteiger partial charge in [-0.25, -0.2) is 0 Å². The van der Waals surface area contributed by atoms with E-state index in [0.717, 1.165) is 32.3 Å². The number of rotatable bonds is 5. The Morgan fingerprint density at radius 1 is 1.44 bits per heavy atom. The lowest BCUT2D eigenvalue weighted by molar-refractivity contribution is -0.134. The van der Waals surface area contributed by atoms with Crippen molar-refractivity contribution in [1.29, 1.82) is 0 Å². The van der Waals surface area contributed by atoms with E-state index < -0.39 is 0 Å². The minimum absolute atomic E-state index is 0.147. The molecule has 2 atom stereocenters. The van der Waals surface area contributed by atoms with Gasteiger partial charge in [0.1, 0.15) is 5.78 Å². The minimum atomic E-state index is -0.147. The fourth-order valence-electron chi connectivity index (χ4n) is 3.60. The molecule has 2 bridgehead atoms. The summed E-state index contributed by atoms with van der Waals surface area (Å²) in [5, 5.41) is 0. The monoisotopic (exact) mass is 224 g/mol. The number of carbonyl (C=O) groups excluding carboxylic acids is 1. The highest BCUT2D eigenvalue weighted by Crippen LogP contribution is 2.63. The molecule has 2 rings (SSSR count). The van der Waals surface area contributed by atoms with E-state index in [2.05, 4.69) is 20.8 Å². The molecule has 0 spiro atoms. The summed E-state index contributed by atoms with van der Waals surface area (Å²) in [6.07, 6.45) is 5.33. The molecule has 2 saturated carbocycles. The Hall–Kier alpha value is -0.370. The first-order valence-corrected chi connectivity index (χ1v) is 6.65. The third kappa shape index (κ3) is 1.54. The quantitative estimate of drug-likeness (QED) is 0.670. The highest BCUT2D eigenvalue weighted by atomic mass is 16.5. The number of fused-ring (bicyclic) bond motifs is 2. The van der Waals surface area contributed by atoms with Crippen molar-refractivity contribution in [3.8, 4) is 0 Å². The third-order valence-electron chi connectivity index (χ3n) is 5.13. The molecule has 0 radical (unpaired) electrons. The molecule has 0 aliphatic heterocycles. The molecule has 0 aromatic carbocycles. The number of hydrogen-bond acceptors (Lipinski definition) is 2. The molecule has 16 heavy (non-hydrogen) atoms. The normalized spacial score (nSPS) is 35.9. The number of unbranched alkanes of at least 4 members (excludes halogenated alkanes) is 1. The van der Waals surface area contributed by atoms with Crippen molar-refractivity contribution in [2.75, 3.05) is 13.2 Å². The van der Waals surface area contributed by atoms with Crippen LogP contribution in [0, 0.1) is 16.7 Å². The van der Waals surface area contributed by atoms with Crippen LogP contribution in [-0.2, 0) is 9.53 Å². The van der Waals surface area contributed by atoms with Gasteiger partial charge in [-0.1, -0.05) is 27.2 Å². The summed E-state index contributed by atoms with van der Waals surface area (Å²) in [5.74, 6) is 1.07. The predicted octanol–water partition coefficient (Wildman–Crippen LogP) is 3.20. The lowest BCUT2D eigenvalue weighted by Gasteiger charge is -2.36. The van der Waals surface area contributed by atoms with E-state index in [9.17, 15) is 4.79 Å². The fraction of sp³-hybridized carbons (Fsp3) is 0.929. The molecule has 0 aromatic heterocycles. The lowest BCUT2D eigenvalue weighted by Crippen LogP contribution is -2.40. The van der Waals surface area contributed by atoms with E-state index in [4.69, 9.17) is 4.74 Å². The zero-order valence-corrected chi connectivity index (χ0v) is 10.8. The van der Waals surface area contributed by atoms with Crippen LogP contribution in [0.1, 0.15) is 52.9 Å². The van der Waals surface area contributed by atoms with Gasteiger partial charge in [-0.15, -0.1) is 0 Å². The number of carbonyl (C=O) groups is 1. The van der Waals surface area contributed by atoms with Gasteiger partial charge in [0.25, 0.3) is 0 Å². The average molecular weight is 224 g/mol. The van der Waals surface area contributed by atoms with Crippen LogP contribution in [0.3, 0.4) is 0 Å². The maximum Gasteiger partial charge on any atom is 0.142 e. The van der Waals surface area contributed by atoms with Crippen LogP contribution in [-0.4, -0.2) is 19.0 Å². The summed E-state index contributed by atoms with van der Waals surface area (Å²) in [7, 11) is 0. The molecule has 0 N–H and O–H groups in total. The van der Waals surface area contributed by atoms with Crippen LogP contribution >= 0.6 is 0 Å².